The summed E-state index contributed by atoms with van der Waals surface area (Å²) in [5, 5.41) is 15.9. The van der Waals surface area contributed by atoms with Crippen LogP contribution in [0.5, 0.6) is 5.75 Å². The molecule has 0 aliphatic rings. The fourth-order valence-electron chi connectivity index (χ4n) is 3.52. The Balaban J connectivity index is 1.57. The number of hydrogen-bond donors (Lipinski definition) is 2. The number of carbonyl (C=O) groups is 1. The average molecular weight is 542 g/mol. The summed E-state index contributed by atoms with van der Waals surface area (Å²) in [7, 11) is 1.65. The molecule has 10 heteroatoms. The molecular weight excluding hydrogens is 517 g/mol. The van der Waals surface area contributed by atoms with Crippen LogP contribution in [0.4, 0.5) is 10.5 Å². The van der Waals surface area contributed by atoms with Crippen LogP contribution in [0.15, 0.2) is 71.9 Å². The number of halogens is 2. The number of thioether (sulfide) groups is 1. The number of anilines is 1. The quantitative estimate of drug-likeness (QED) is 0.233. The molecule has 1 atom stereocenters. The minimum atomic E-state index is -0.456. The lowest BCUT2D eigenvalue weighted by atomic mass is 10.2. The number of aromatic nitrogens is 3. The van der Waals surface area contributed by atoms with Crippen LogP contribution in [-0.2, 0) is 5.75 Å². The number of urea groups is 1. The van der Waals surface area contributed by atoms with Crippen LogP contribution in [-0.4, -0.2) is 27.9 Å². The number of methoxy groups -OCH3 is 1. The lowest BCUT2D eigenvalue weighted by Gasteiger charge is -2.17. The highest BCUT2D eigenvalue weighted by Crippen LogP contribution is 2.31. The zero-order chi connectivity index (χ0) is 25.7. The first-order chi connectivity index (χ1) is 17.4. The number of aryl methyl sites for hydroxylation is 1. The van der Waals surface area contributed by atoms with Gasteiger partial charge in [-0.1, -0.05) is 70.9 Å². The number of hydrogen-bond acceptors (Lipinski definition) is 5. The number of rotatable bonds is 8. The van der Waals surface area contributed by atoms with Crippen molar-refractivity contribution in [2.75, 3.05) is 12.4 Å². The van der Waals surface area contributed by atoms with Crippen molar-refractivity contribution in [2.45, 2.75) is 30.8 Å². The minimum absolute atomic E-state index is 0.279. The molecule has 186 valence electrons. The number of ether oxygens (including phenoxy) is 1. The van der Waals surface area contributed by atoms with E-state index in [0.717, 1.165) is 22.6 Å². The molecule has 2 N–H and O–H groups in total. The maximum absolute atomic E-state index is 12.7. The molecule has 1 unspecified atom stereocenters. The van der Waals surface area contributed by atoms with Gasteiger partial charge in [-0.3, -0.25) is 4.57 Å². The molecular formula is C26H25Cl2N5O2S. The zero-order valence-corrected chi connectivity index (χ0v) is 22.3. The highest BCUT2D eigenvalue weighted by molar-refractivity contribution is 7.98. The van der Waals surface area contributed by atoms with E-state index in [-0.39, 0.29) is 5.02 Å². The Morgan fingerprint density at radius 2 is 1.83 bits per heavy atom. The van der Waals surface area contributed by atoms with Gasteiger partial charge in [0.1, 0.15) is 5.75 Å². The average Bonchev–Trinajstić information content (AvgIpc) is 3.30. The van der Waals surface area contributed by atoms with E-state index in [1.165, 1.54) is 0 Å². The van der Waals surface area contributed by atoms with Gasteiger partial charge < -0.3 is 15.4 Å². The van der Waals surface area contributed by atoms with Crippen molar-refractivity contribution in [3.63, 3.8) is 0 Å². The smallest absolute Gasteiger partial charge is 0.319 e. The summed E-state index contributed by atoms with van der Waals surface area (Å²) in [5.41, 5.74) is 3.57. The fraction of sp³-hybridized carbons (Fsp3) is 0.192. The van der Waals surface area contributed by atoms with E-state index in [1.807, 2.05) is 66.9 Å². The second-order valence-corrected chi connectivity index (χ2v) is 9.80. The molecule has 0 radical (unpaired) electrons. The molecule has 1 aromatic heterocycles. The molecule has 4 rings (SSSR count). The first-order valence-electron chi connectivity index (χ1n) is 11.2. The van der Waals surface area contributed by atoms with Gasteiger partial charge in [0.2, 0.25) is 0 Å². The topological polar surface area (TPSA) is 81.1 Å². The van der Waals surface area contributed by atoms with E-state index in [2.05, 4.69) is 20.8 Å². The maximum Gasteiger partial charge on any atom is 0.319 e. The number of amides is 2. The van der Waals surface area contributed by atoms with Crippen molar-refractivity contribution in [3.8, 4) is 11.4 Å². The highest BCUT2D eigenvalue weighted by atomic mass is 35.5. The summed E-state index contributed by atoms with van der Waals surface area (Å²) in [6.07, 6.45) is 0. The van der Waals surface area contributed by atoms with Crippen molar-refractivity contribution >= 4 is 46.7 Å². The fourth-order valence-corrected chi connectivity index (χ4v) is 4.77. The summed E-state index contributed by atoms with van der Waals surface area (Å²) in [4.78, 5) is 12.7. The van der Waals surface area contributed by atoms with Crippen LogP contribution in [0, 0.1) is 6.92 Å². The van der Waals surface area contributed by atoms with E-state index in [0.29, 0.717) is 27.4 Å². The standard InChI is InChI=1S/C26H25Cl2N5O2S/c1-16-10-12-19(13-11-16)33-24(17(2)29-25(34)30-22-9-5-8-21(27)23(22)28)31-32-26(33)36-15-18-6-4-7-20(14-18)35-3/h4-14,17H,15H2,1-3H3,(H2,29,30,34). The SMILES string of the molecule is COc1cccc(CSc2nnc(C(C)NC(=O)Nc3cccc(Cl)c3Cl)n2-c2ccc(C)cc2)c1. The van der Waals surface area contributed by atoms with Crippen LogP contribution in [0.2, 0.25) is 10.0 Å². The van der Waals surface area contributed by atoms with E-state index in [1.54, 1.807) is 37.1 Å². The van der Waals surface area contributed by atoms with Gasteiger partial charge in [0.25, 0.3) is 0 Å². The Labute approximate surface area is 224 Å². The Hall–Kier alpha value is -3.20. The molecule has 2 amide bonds. The molecule has 7 nitrogen and oxygen atoms in total. The second-order valence-electron chi connectivity index (χ2n) is 8.07. The Bertz CT molecular complexity index is 1360. The summed E-state index contributed by atoms with van der Waals surface area (Å²) >= 11 is 13.8. The van der Waals surface area contributed by atoms with Gasteiger partial charge in [-0.15, -0.1) is 10.2 Å². The lowest BCUT2D eigenvalue weighted by Crippen LogP contribution is -2.32. The largest absolute Gasteiger partial charge is 0.497 e. The second kappa shape index (κ2) is 11.7. The number of benzene rings is 3. The van der Waals surface area contributed by atoms with Crippen molar-refractivity contribution in [3.05, 3.63) is 93.7 Å². The van der Waals surface area contributed by atoms with Gasteiger partial charge in [-0.25, -0.2) is 4.79 Å². The zero-order valence-electron chi connectivity index (χ0n) is 20.0. The molecule has 0 spiro atoms. The van der Waals surface area contributed by atoms with Crippen molar-refractivity contribution in [2.24, 2.45) is 0 Å². The summed E-state index contributed by atoms with van der Waals surface area (Å²) in [6, 6.07) is 20.2. The first-order valence-corrected chi connectivity index (χ1v) is 12.9. The summed E-state index contributed by atoms with van der Waals surface area (Å²) in [5.74, 6) is 2.08. The molecule has 0 saturated heterocycles. The van der Waals surface area contributed by atoms with Crippen molar-refractivity contribution < 1.29 is 9.53 Å². The molecule has 0 aliphatic carbocycles. The Kier molecular flexibility index (Phi) is 8.40. The van der Waals surface area contributed by atoms with Crippen LogP contribution in [0.25, 0.3) is 5.69 Å². The van der Waals surface area contributed by atoms with Gasteiger partial charge in [0.05, 0.1) is 28.9 Å². The van der Waals surface area contributed by atoms with Crippen LogP contribution in [0.3, 0.4) is 0 Å². The highest BCUT2D eigenvalue weighted by Gasteiger charge is 2.21. The van der Waals surface area contributed by atoms with Crippen LogP contribution < -0.4 is 15.4 Å². The van der Waals surface area contributed by atoms with Gasteiger partial charge in [0, 0.05) is 11.4 Å². The molecule has 1 heterocycles. The predicted molar refractivity (Wildman–Crippen MR) is 146 cm³/mol. The third kappa shape index (κ3) is 6.13. The molecule has 36 heavy (non-hydrogen) atoms. The Morgan fingerprint density at radius 3 is 2.58 bits per heavy atom. The lowest BCUT2D eigenvalue weighted by molar-refractivity contribution is 0.249. The van der Waals surface area contributed by atoms with E-state index in [9.17, 15) is 4.79 Å². The molecule has 0 saturated carbocycles. The molecule has 0 bridgehead atoms. The van der Waals surface area contributed by atoms with Crippen LogP contribution >= 0.6 is 35.0 Å². The summed E-state index contributed by atoms with van der Waals surface area (Å²) < 4.78 is 7.30. The normalized spacial score (nSPS) is 11.7. The van der Waals surface area contributed by atoms with E-state index in [4.69, 9.17) is 27.9 Å². The third-order valence-corrected chi connectivity index (χ3v) is 7.21. The molecule has 3 aromatic carbocycles. The molecule has 0 aliphatic heterocycles. The number of nitrogens with zero attached hydrogens (tertiary/aromatic N) is 3. The number of carbonyl (C=O) groups excluding carboxylic acids is 1. The Morgan fingerprint density at radius 1 is 1.08 bits per heavy atom. The maximum atomic E-state index is 12.7. The molecule has 4 aromatic rings. The first kappa shape index (κ1) is 25.9. The van der Waals surface area contributed by atoms with E-state index < -0.39 is 12.1 Å². The predicted octanol–water partition coefficient (Wildman–Crippen LogP) is 7.07. The van der Waals surface area contributed by atoms with Gasteiger partial charge in [-0.2, -0.15) is 0 Å². The summed E-state index contributed by atoms with van der Waals surface area (Å²) in [6.45, 7) is 3.88. The van der Waals surface area contributed by atoms with Crippen molar-refractivity contribution in [1.82, 2.24) is 20.1 Å². The van der Waals surface area contributed by atoms with Gasteiger partial charge >= 0.3 is 6.03 Å². The van der Waals surface area contributed by atoms with Gasteiger partial charge in [-0.05, 0) is 55.8 Å². The van der Waals surface area contributed by atoms with Gasteiger partial charge in [0.15, 0.2) is 11.0 Å². The monoisotopic (exact) mass is 541 g/mol. The number of nitrogens with one attached hydrogen (secondary N) is 2. The van der Waals surface area contributed by atoms with Crippen LogP contribution in [0.1, 0.15) is 29.9 Å². The van der Waals surface area contributed by atoms with Crippen molar-refractivity contribution in [1.29, 1.82) is 0 Å². The minimum Gasteiger partial charge on any atom is -0.497 e. The van der Waals surface area contributed by atoms with E-state index >= 15 is 0 Å². The third-order valence-electron chi connectivity index (χ3n) is 5.39. The molecule has 0 fully saturated rings.